The number of hydrogen-bond acceptors (Lipinski definition) is 5. The van der Waals surface area contributed by atoms with Gasteiger partial charge in [-0.2, -0.15) is 4.98 Å². The third-order valence-electron chi connectivity index (χ3n) is 4.72. The van der Waals surface area contributed by atoms with Gasteiger partial charge in [0.25, 0.3) is 6.01 Å². The van der Waals surface area contributed by atoms with E-state index in [1.807, 2.05) is 13.0 Å². The summed E-state index contributed by atoms with van der Waals surface area (Å²) < 4.78 is 5.98. The molecule has 5 heterocycles. The molecule has 2 bridgehead atoms. The van der Waals surface area contributed by atoms with Crippen molar-refractivity contribution in [1.29, 1.82) is 0 Å². The van der Waals surface area contributed by atoms with Crippen molar-refractivity contribution in [1.82, 2.24) is 14.9 Å². The number of oxazole rings is 1. The summed E-state index contributed by atoms with van der Waals surface area (Å²) in [7, 11) is 0. The van der Waals surface area contributed by atoms with E-state index < -0.39 is 0 Å². The number of rotatable bonds is 1. The second-order valence-corrected chi connectivity index (χ2v) is 5.98. The van der Waals surface area contributed by atoms with Crippen LogP contribution in [0.25, 0.3) is 11.2 Å². The summed E-state index contributed by atoms with van der Waals surface area (Å²) in [6.07, 6.45) is 2.43. The van der Waals surface area contributed by atoms with Crippen molar-refractivity contribution in [3.8, 4) is 0 Å². The van der Waals surface area contributed by atoms with Crippen LogP contribution >= 0.6 is 0 Å². The molecule has 3 aliphatic heterocycles. The molecule has 5 rings (SSSR count). The molecule has 3 saturated heterocycles. The fraction of sp³-hybridized carbons (Fsp3) is 0.600. The Kier molecular flexibility index (Phi) is 2.70. The van der Waals surface area contributed by atoms with Gasteiger partial charge >= 0.3 is 0 Å². The number of aryl methyl sites for hydroxylation is 2. The van der Waals surface area contributed by atoms with Crippen LogP contribution in [0.5, 0.6) is 0 Å². The standard InChI is InChI=1S/C15H20N4O/c1-10-9-13-14(16-11(10)2)17-15(20-13)19-8-7-18-5-3-12(19)4-6-18/h9,12H,3-8H2,1-2H3. The van der Waals surface area contributed by atoms with Crippen LogP contribution in [-0.4, -0.2) is 47.1 Å². The van der Waals surface area contributed by atoms with Crippen molar-refractivity contribution < 1.29 is 4.42 Å². The van der Waals surface area contributed by atoms with Crippen LogP contribution < -0.4 is 4.90 Å². The number of piperidine rings is 1. The topological polar surface area (TPSA) is 45.4 Å². The lowest BCUT2D eigenvalue weighted by Crippen LogP contribution is -2.38. The molecule has 106 valence electrons. The van der Waals surface area contributed by atoms with E-state index in [2.05, 4.69) is 26.7 Å². The first-order chi connectivity index (χ1) is 9.70. The van der Waals surface area contributed by atoms with Crippen molar-refractivity contribution in [2.75, 3.05) is 31.1 Å². The Labute approximate surface area is 118 Å². The minimum Gasteiger partial charge on any atom is -0.422 e. The van der Waals surface area contributed by atoms with E-state index in [0.29, 0.717) is 6.04 Å². The molecule has 0 radical (unpaired) electrons. The van der Waals surface area contributed by atoms with E-state index in [9.17, 15) is 0 Å². The first-order valence-electron chi connectivity index (χ1n) is 7.44. The Balaban J connectivity index is 1.74. The predicted octanol–water partition coefficient (Wildman–Crippen LogP) is 2.12. The molecule has 0 aliphatic carbocycles. The van der Waals surface area contributed by atoms with Crippen molar-refractivity contribution in [2.24, 2.45) is 0 Å². The molecule has 5 heteroatoms. The Morgan fingerprint density at radius 2 is 1.90 bits per heavy atom. The molecule has 3 fully saturated rings. The second-order valence-electron chi connectivity index (χ2n) is 5.98. The van der Waals surface area contributed by atoms with Gasteiger partial charge < -0.3 is 14.2 Å². The first kappa shape index (κ1) is 12.1. The highest BCUT2D eigenvalue weighted by Crippen LogP contribution is 2.29. The predicted molar refractivity (Wildman–Crippen MR) is 78.1 cm³/mol. The number of pyridine rings is 1. The maximum absolute atomic E-state index is 5.98. The molecule has 0 spiro atoms. The van der Waals surface area contributed by atoms with Crippen LogP contribution in [0, 0.1) is 13.8 Å². The highest BCUT2D eigenvalue weighted by molar-refractivity contribution is 5.71. The molecular weight excluding hydrogens is 252 g/mol. The van der Waals surface area contributed by atoms with Gasteiger partial charge in [-0.1, -0.05) is 0 Å². The van der Waals surface area contributed by atoms with Gasteiger partial charge in [-0.15, -0.1) is 0 Å². The second kappa shape index (κ2) is 4.45. The van der Waals surface area contributed by atoms with E-state index in [1.165, 1.54) is 25.9 Å². The van der Waals surface area contributed by atoms with E-state index >= 15 is 0 Å². The van der Waals surface area contributed by atoms with Gasteiger partial charge in [-0.25, -0.2) is 4.98 Å². The van der Waals surface area contributed by atoms with Crippen LogP contribution in [0.1, 0.15) is 24.1 Å². The minimum atomic E-state index is 0.573. The zero-order valence-electron chi connectivity index (χ0n) is 12.1. The van der Waals surface area contributed by atoms with Gasteiger partial charge in [0.05, 0.1) is 0 Å². The average Bonchev–Trinajstić information content (AvgIpc) is 2.63. The minimum absolute atomic E-state index is 0.573. The number of fused-ring (bicyclic) bond motifs is 5. The molecule has 0 aromatic carbocycles. The van der Waals surface area contributed by atoms with Gasteiger partial charge in [-0.3, -0.25) is 0 Å². The molecule has 0 saturated carbocycles. The van der Waals surface area contributed by atoms with Crippen molar-refractivity contribution >= 4 is 17.2 Å². The van der Waals surface area contributed by atoms with Crippen LogP contribution in [0.2, 0.25) is 0 Å². The van der Waals surface area contributed by atoms with Crippen LogP contribution in [0.4, 0.5) is 6.01 Å². The maximum atomic E-state index is 5.98. The van der Waals surface area contributed by atoms with Crippen LogP contribution in [0.15, 0.2) is 10.5 Å². The van der Waals surface area contributed by atoms with Gasteiger partial charge in [-0.05, 0) is 38.3 Å². The molecular formula is C15H20N4O. The zero-order valence-corrected chi connectivity index (χ0v) is 12.1. The molecule has 5 nitrogen and oxygen atoms in total. The third-order valence-corrected chi connectivity index (χ3v) is 4.72. The van der Waals surface area contributed by atoms with E-state index in [0.717, 1.165) is 41.6 Å². The van der Waals surface area contributed by atoms with Gasteiger partial charge in [0.1, 0.15) is 0 Å². The highest BCUT2D eigenvalue weighted by Gasteiger charge is 2.31. The quantitative estimate of drug-likeness (QED) is 0.795. The highest BCUT2D eigenvalue weighted by atomic mass is 16.4. The van der Waals surface area contributed by atoms with Gasteiger partial charge in [0.15, 0.2) is 5.58 Å². The van der Waals surface area contributed by atoms with E-state index in [4.69, 9.17) is 4.42 Å². The Morgan fingerprint density at radius 1 is 1.10 bits per heavy atom. The smallest absolute Gasteiger partial charge is 0.300 e. The lowest BCUT2D eigenvalue weighted by molar-refractivity contribution is 0.249. The molecule has 0 N–H and O–H groups in total. The first-order valence-corrected chi connectivity index (χ1v) is 7.44. The summed E-state index contributed by atoms with van der Waals surface area (Å²) in [5, 5.41) is 0. The van der Waals surface area contributed by atoms with Crippen molar-refractivity contribution in [2.45, 2.75) is 32.7 Å². The molecule has 0 unspecified atom stereocenters. The molecule has 0 amide bonds. The third kappa shape index (κ3) is 1.88. The lowest BCUT2D eigenvalue weighted by atomic mass is 10.1. The number of hydrogen-bond donors (Lipinski definition) is 0. The largest absolute Gasteiger partial charge is 0.422 e. The Hall–Kier alpha value is -1.62. The van der Waals surface area contributed by atoms with Crippen molar-refractivity contribution in [3.63, 3.8) is 0 Å². The molecule has 0 atom stereocenters. The normalized spacial score (nSPS) is 26.2. The number of aromatic nitrogens is 2. The summed E-state index contributed by atoms with van der Waals surface area (Å²) in [5.41, 5.74) is 3.73. The number of anilines is 1. The average molecular weight is 272 g/mol. The maximum Gasteiger partial charge on any atom is 0.300 e. The number of nitrogens with zero attached hydrogens (tertiary/aromatic N) is 4. The molecule has 3 aliphatic rings. The summed E-state index contributed by atoms with van der Waals surface area (Å²) in [4.78, 5) is 14.0. The van der Waals surface area contributed by atoms with E-state index in [-0.39, 0.29) is 0 Å². The van der Waals surface area contributed by atoms with E-state index in [1.54, 1.807) is 0 Å². The summed E-state index contributed by atoms with van der Waals surface area (Å²) in [5.74, 6) is 0. The van der Waals surface area contributed by atoms with Crippen LogP contribution in [0.3, 0.4) is 0 Å². The molecule has 2 aromatic heterocycles. The van der Waals surface area contributed by atoms with Crippen LogP contribution in [-0.2, 0) is 0 Å². The molecule has 20 heavy (non-hydrogen) atoms. The fourth-order valence-electron chi connectivity index (χ4n) is 3.30. The Morgan fingerprint density at radius 3 is 2.70 bits per heavy atom. The van der Waals surface area contributed by atoms with Crippen molar-refractivity contribution in [3.05, 3.63) is 17.3 Å². The molecule has 2 aromatic rings. The van der Waals surface area contributed by atoms with Gasteiger partial charge in [0, 0.05) is 37.9 Å². The summed E-state index contributed by atoms with van der Waals surface area (Å²) >= 11 is 0. The zero-order chi connectivity index (χ0) is 13.7. The Bertz CT molecular complexity index is 604. The van der Waals surface area contributed by atoms with Gasteiger partial charge in [0.2, 0.25) is 5.65 Å². The summed E-state index contributed by atoms with van der Waals surface area (Å²) in [6, 6.07) is 3.38. The summed E-state index contributed by atoms with van der Waals surface area (Å²) in [6.45, 7) is 8.61. The monoisotopic (exact) mass is 272 g/mol. The SMILES string of the molecule is Cc1cc2oc(N3CCN4CCC3CC4)nc2nc1C. The lowest BCUT2D eigenvalue weighted by Gasteiger charge is -2.30. The fourth-order valence-corrected chi connectivity index (χ4v) is 3.30.